The van der Waals surface area contributed by atoms with Gasteiger partial charge in [0, 0.05) is 11.9 Å². The number of nitrogens with zero attached hydrogens (tertiary/aromatic N) is 4. The van der Waals surface area contributed by atoms with Crippen LogP contribution in [0.1, 0.15) is 32.9 Å². The first-order valence-electron chi connectivity index (χ1n) is 6.55. The Morgan fingerprint density at radius 1 is 1.59 bits per heavy atom. The first-order valence-corrected chi connectivity index (χ1v) is 7.37. The van der Waals surface area contributed by atoms with Gasteiger partial charge in [-0.2, -0.15) is 10.4 Å². The van der Waals surface area contributed by atoms with E-state index in [4.69, 9.17) is 0 Å². The van der Waals surface area contributed by atoms with E-state index in [0.717, 1.165) is 40.6 Å². The predicted octanol–water partition coefficient (Wildman–Crippen LogP) is 2.00. The van der Waals surface area contributed by atoms with Crippen LogP contribution in [0.25, 0.3) is 0 Å². The lowest BCUT2D eigenvalue weighted by molar-refractivity contribution is -0.385. The summed E-state index contributed by atoms with van der Waals surface area (Å²) in [5.74, 6) is -0.636. The topological polar surface area (TPSA) is 114 Å². The van der Waals surface area contributed by atoms with Crippen molar-refractivity contribution in [3.8, 4) is 6.07 Å². The minimum atomic E-state index is -0.651. The van der Waals surface area contributed by atoms with Gasteiger partial charge in [0.1, 0.15) is 17.3 Å². The Hall–Kier alpha value is -2.73. The molecule has 3 rings (SSSR count). The van der Waals surface area contributed by atoms with Gasteiger partial charge >= 0.3 is 5.69 Å². The van der Waals surface area contributed by atoms with Crippen LogP contribution >= 0.6 is 11.3 Å². The Kier molecular flexibility index (Phi) is 3.38. The molecule has 1 N–H and O–H groups in total. The van der Waals surface area contributed by atoms with Crippen molar-refractivity contribution in [2.45, 2.75) is 19.3 Å². The van der Waals surface area contributed by atoms with E-state index in [1.54, 1.807) is 0 Å². The Morgan fingerprint density at radius 2 is 2.36 bits per heavy atom. The fourth-order valence-corrected chi connectivity index (χ4v) is 3.83. The molecule has 1 aliphatic rings. The highest BCUT2D eigenvalue weighted by atomic mass is 32.1. The standard InChI is InChI=1S/C13H11N5O3S/c1-17-11(9(6-15-17)18(20)21)12(19)16-13-8(5-14)7-3-2-4-10(7)22-13/h6H,2-4H2,1H3,(H,16,19). The van der Waals surface area contributed by atoms with E-state index in [1.165, 1.54) is 18.4 Å². The van der Waals surface area contributed by atoms with Gasteiger partial charge in [-0.05, 0) is 24.8 Å². The van der Waals surface area contributed by atoms with Crippen molar-refractivity contribution in [2.75, 3.05) is 5.32 Å². The van der Waals surface area contributed by atoms with Crippen molar-refractivity contribution in [3.05, 3.63) is 38.0 Å². The molecule has 9 heteroatoms. The minimum Gasteiger partial charge on any atom is -0.311 e. The zero-order valence-electron chi connectivity index (χ0n) is 11.6. The molecule has 112 valence electrons. The molecule has 0 bridgehead atoms. The summed E-state index contributed by atoms with van der Waals surface area (Å²) < 4.78 is 1.15. The van der Waals surface area contributed by atoms with E-state index in [-0.39, 0.29) is 11.4 Å². The summed E-state index contributed by atoms with van der Waals surface area (Å²) in [6.07, 6.45) is 3.78. The second kappa shape index (κ2) is 5.23. The Labute approximate surface area is 129 Å². The van der Waals surface area contributed by atoms with Crippen molar-refractivity contribution in [1.82, 2.24) is 9.78 Å². The lowest BCUT2D eigenvalue weighted by Gasteiger charge is -2.04. The van der Waals surface area contributed by atoms with Crippen LogP contribution in [0.3, 0.4) is 0 Å². The molecule has 22 heavy (non-hydrogen) atoms. The molecule has 0 atom stereocenters. The minimum absolute atomic E-state index is 0.137. The number of nitrogens with one attached hydrogen (secondary N) is 1. The van der Waals surface area contributed by atoms with Crippen LogP contribution in [0.2, 0.25) is 0 Å². The molecule has 8 nitrogen and oxygen atoms in total. The molecule has 0 fully saturated rings. The monoisotopic (exact) mass is 317 g/mol. The van der Waals surface area contributed by atoms with Crippen molar-refractivity contribution >= 4 is 27.9 Å². The highest BCUT2D eigenvalue weighted by molar-refractivity contribution is 7.16. The molecule has 0 saturated carbocycles. The van der Waals surface area contributed by atoms with Gasteiger partial charge < -0.3 is 5.32 Å². The number of rotatable bonds is 3. The van der Waals surface area contributed by atoms with Gasteiger partial charge in [0.05, 0.1) is 10.5 Å². The number of anilines is 1. The van der Waals surface area contributed by atoms with Crippen molar-refractivity contribution in [2.24, 2.45) is 7.05 Å². The Morgan fingerprint density at radius 3 is 3.05 bits per heavy atom. The fourth-order valence-electron chi connectivity index (χ4n) is 2.60. The molecule has 1 amide bonds. The highest BCUT2D eigenvalue weighted by Crippen LogP contribution is 2.38. The molecule has 0 aromatic carbocycles. The third-order valence-electron chi connectivity index (χ3n) is 3.59. The van der Waals surface area contributed by atoms with Crippen LogP contribution < -0.4 is 5.32 Å². The quantitative estimate of drug-likeness (QED) is 0.687. The lowest BCUT2D eigenvalue weighted by atomic mass is 10.1. The van der Waals surface area contributed by atoms with Crippen LogP contribution in [0, 0.1) is 21.4 Å². The average molecular weight is 317 g/mol. The van der Waals surface area contributed by atoms with Crippen LogP contribution in [-0.2, 0) is 19.9 Å². The summed E-state index contributed by atoms with van der Waals surface area (Å²) >= 11 is 1.36. The Balaban J connectivity index is 1.95. The average Bonchev–Trinajstić information content (AvgIpc) is 3.12. The van der Waals surface area contributed by atoms with Gasteiger partial charge in [0.2, 0.25) is 5.69 Å². The molecule has 0 saturated heterocycles. The van der Waals surface area contributed by atoms with E-state index in [9.17, 15) is 20.2 Å². The smallest absolute Gasteiger partial charge is 0.311 e. The molecule has 0 unspecified atom stereocenters. The number of thiophene rings is 1. The third kappa shape index (κ3) is 2.14. The van der Waals surface area contributed by atoms with E-state index < -0.39 is 10.8 Å². The number of hydrogen-bond donors (Lipinski definition) is 1. The number of hydrogen-bond acceptors (Lipinski definition) is 6. The number of aryl methyl sites for hydroxylation is 2. The fraction of sp³-hybridized carbons (Fsp3) is 0.308. The maximum atomic E-state index is 12.3. The first-order chi connectivity index (χ1) is 10.5. The van der Waals surface area contributed by atoms with Crippen molar-refractivity contribution < 1.29 is 9.72 Å². The zero-order chi connectivity index (χ0) is 15.9. The molecule has 0 spiro atoms. The summed E-state index contributed by atoms with van der Waals surface area (Å²) in [7, 11) is 1.46. The van der Waals surface area contributed by atoms with Crippen molar-refractivity contribution in [3.63, 3.8) is 0 Å². The maximum absolute atomic E-state index is 12.3. The Bertz CT molecular complexity index is 830. The number of nitro groups is 1. The number of nitriles is 1. The number of aromatic nitrogens is 2. The van der Waals surface area contributed by atoms with Gasteiger partial charge in [-0.1, -0.05) is 0 Å². The number of fused-ring (bicyclic) bond motifs is 1. The van der Waals surface area contributed by atoms with E-state index in [1.807, 2.05) is 0 Å². The molecule has 2 aromatic rings. The molecule has 1 aliphatic carbocycles. The number of carbonyl (C=O) groups excluding carboxylic acids is 1. The van der Waals surface area contributed by atoms with Crippen LogP contribution in [0.5, 0.6) is 0 Å². The summed E-state index contributed by atoms with van der Waals surface area (Å²) in [5.41, 5.74) is 0.961. The van der Waals surface area contributed by atoms with Gasteiger partial charge in [0.25, 0.3) is 5.91 Å². The summed E-state index contributed by atoms with van der Waals surface area (Å²) in [6, 6.07) is 2.12. The predicted molar refractivity (Wildman–Crippen MR) is 78.9 cm³/mol. The van der Waals surface area contributed by atoms with Gasteiger partial charge in [-0.15, -0.1) is 11.3 Å². The summed E-state index contributed by atoms with van der Waals surface area (Å²) in [5, 5.41) is 27.1. The van der Waals surface area contributed by atoms with Gasteiger partial charge in [0.15, 0.2) is 0 Å². The second-order valence-corrected chi connectivity index (χ2v) is 5.99. The molecular formula is C13H11N5O3S. The molecule has 0 radical (unpaired) electrons. The van der Waals surface area contributed by atoms with Gasteiger partial charge in [-0.3, -0.25) is 19.6 Å². The molecular weight excluding hydrogens is 306 g/mol. The number of carbonyl (C=O) groups is 1. The SMILES string of the molecule is Cn1ncc([N+](=O)[O-])c1C(=O)Nc1sc2c(c1C#N)CCC2. The van der Waals surface area contributed by atoms with Crippen LogP contribution in [0.4, 0.5) is 10.7 Å². The van der Waals surface area contributed by atoms with Crippen molar-refractivity contribution in [1.29, 1.82) is 5.26 Å². The van der Waals surface area contributed by atoms with Gasteiger partial charge in [-0.25, -0.2) is 0 Å². The van der Waals surface area contributed by atoms with E-state index in [2.05, 4.69) is 16.5 Å². The van der Waals surface area contributed by atoms with Crippen LogP contribution in [0.15, 0.2) is 6.20 Å². The molecule has 0 aliphatic heterocycles. The zero-order valence-corrected chi connectivity index (χ0v) is 12.4. The normalized spacial score (nSPS) is 12.7. The third-order valence-corrected chi connectivity index (χ3v) is 4.80. The van der Waals surface area contributed by atoms with E-state index >= 15 is 0 Å². The number of amides is 1. The molecule has 2 heterocycles. The summed E-state index contributed by atoms with van der Waals surface area (Å²) in [6.45, 7) is 0. The van der Waals surface area contributed by atoms with E-state index in [0.29, 0.717) is 10.6 Å². The molecule has 2 aromatic heterocycles. The largest absolute Gasteiger partial charge is 0.320 e. The second-order valence-electron chi connectivity index (χ2n) is 4.89. The maximum Gasteiger partial charge on any atom is 0.320 e. The highest BCUT2D eigenvalue weighted by Gasteiger charge is 2.28. The first kappa shape index (κ1) is 14.2. The summed E-state index contributed by atoms with van der Waals surface area (Å²) in [4.78, 5) is 23.7. The lowest BCUT2D eigenvalue weighted by Crippen LogP contribution is -2.17. The van der Waals surface area contributed by atoms with Crippen LogP contribution in [-0.4, -0.2) is 20.6 Å².